The summed E-state index contributed by atoms with van der Waals surface area (Å²) >= 11 is 0. The molecule has 0 fully saturated rings. The highest BCUT2D eigenvalue weighted by atomic mass is 16.6. The molecule has 0 radical (unpaired) electrons. The van der Waals surface area contributed by atoms with Crippen LogP contribution in [0.4, 0.5) is 0 Å². The Bertz CT molecular complexity index is 995. The van der Waals surface area contributed by atoms with Crippen molar-refractivity contribution in [2.75, 3.05) is 13.2 Å². The van der Waals surface area contributed by atoms with Crippen molar-refractivity contribution in [3.63, 3.8) is 0 Å². The molecular weight excluding hydrogens is 805 g/mol. The van der Waals surface area contributed by atoms with Crippen LogP contribution in [0, 0.1) is 11.8 Å². The predicted octanol–water partition coefficient (Wildman–Crippen LogP) is 19.3. The Balaban J connectivity index is 4.22. The standard InChI is InChI=1S/C59H114O6/c1-6-8-9-10-11-12-13-14-15-21-24-27-30-33-39-44-49-57(60)63-52-56(53-64-58(61)50-45-40-36-35-38-43-48-55(5)7-2)65-59(62)51-46-41-34-31-28-25-22-19-17-16-18-20-23-26-29-32-37-42-47-54(3)4/h54-56H,6-53H2,1-5H3/t55?,56-/m0/s1. The van der Waals surface area contributed by atoms with Gasteiger partial charge in [-0.25, -0.2) is 0 Å². The fraction of sp³-hybridized carbons (Fsp3) is 0.949. The lowest BCUT2D eigenvalue weighted by Gasteiger charge is -2.18. The molecule has 0 saturated carbocycles. The van der Waals surface area contributed by atoms with Crippen molar-refractivity contribution in [2.45, 2.75) is 336 Å². The van der Waals surface area contributed by atoms with Crippen molar-refractivity contribution in [1.82, 2.24) is 0 Å². The van der Waals surface area contributed by atoms with Crippen molar-refractivity contribution in [1.29, 1.82) is 0 Å². The summed E-state index contributed by atoms with van der Waals surface area (Å²) in [5.41, 5.74) is 0. The van der Waals surface area contributed by atoms with E-state index in [0.717, 1.165) is 69.6 Å². The highest BCUT2D eigenvalue weighted by Crippen LogP contribution is 2.19. The quantitative estimate of drug-likeness (QED) is 0.0344. The maximum atomic E-state index is 12.9. The summed E-state index contributed by atoms with van der Waals surface area (Å²) in [5.74, 6) is 0.830. The third-order valence-electron chi connectivity index (χ3n) is 13.8. The van der Waals surface area contributed by atoms with Gasteiger partial charge in [0.05, 0.1) is 0 Å². The molecule has 0 saturated heterocycles. The second kappa shape index (κ2) is 51.8. The number of carbonyl (C=O) groups is 3. The van der Waals surface area contributed by atoms with Crippen molar-refractivity contribution in [3.05, 3.63) is 0 Å². The summed E-state index contributed by atoms with van der Waals surface area (Å²) in [6.07, 6.45) is 55.3. The fourth-order valence-electron chi connectivity index (χ4n) is 9.02. The van der Waals surface area contributed by atoms with Gasteiger partial charge in [-0.3, -0.25) is 14.4 Å². The summed E-state index contributed by atoms with van der Waals surface area (Å²) in [5, 5.41) is 0. The van der Waals surface area contributed by atoms with Crippen molar-refractivity contribution in [3.8, 4) is 0 Å². The lowest BCUT2D eigenvalue weighted by Crippen LogP contribution is -2.30. The Morgan fingerprint density at radius 3 is 0.877 bits per heavy atom. The Hall–Kier alpha value is -1.59. The van der Waals surface area contributed by atoms with Crippen LogP contribution >= 0.6 is 0 Å². The number of esters is 3. The van der Waals surface area contributed by atoms with E-state index in [2.05, 4.69) is 34.6 Å². The van der Waals surface area contributed by atoms with Crippen LogP contribution in [-0.2, 0) is 28.6 Å². The van der Waals surface area contributed by atoms with Gasteiger partial charge in [0.25, 0.3) is 0 Å². The molecule has 65 heavy (non-hydrogen) atoms. The van der Waals surface area contributed by atoms with E-state index in [0.29, 0.717) is 19.3 Å². The molecular formula is C59H114O6. The smallest absolute Gasteiger partial charge is 0.306 e. The SMILES string of the molecule is CCCCCCCCCCCCCCCCCCC(=O)OC[C@@H](COC(=O)CCCCCCCCC(C)CC)OC(=O)CCCCCCCCCCCCCCCCCCCCC(C)C. The van der Waals surface area contributed by atoms with Crippen LogP contribution in [-0.4, -0.2) is 37.2 Å². The first kappa shape index (κ1) is 63.4. The lowest BCUT2D eigenvalue weighted by molar-refractivity contribution is -0.167. The van der Waals surface area contributed by atoms with E-state index in [1.165, 1.54) is 218 Å². The lowest BCUT2D eigenvalue weighted by atomic mass is 10.00. The second-order valence-corrected chi connectivity index (χ2v) is 21.0. The minimum Gasteiger partial charge on any atom is -0.462 e. The molecule has 0 rings (SSSR count). The molecule has 0 N–H and O–H groups in total. The Morgan fingerprint density at radius 2 is 0.585 bits per heavy atom. The Morgan fingerprint density at radius 1 is 0.323 bits per heavy atom. The van der Waals surface area contributed by atoms with Gasteiger partial charge in [-0.15, -0.1) is 0 Å². The van der Waals surface area contributed by atoms with Gasteiger partial charge in [0.1, 0.15) is 13.2 Å². The monoisotopic (exact) mass is 919 g/mol. The molecule has 386 valence electrons. The molecule has 0 amide bonds. The highest BCUT2D eigenvalue weighted by Gasteiger charge is 2.19. The van der Waals surface area contributed by atoms with Gasteiger partial charge in [0, 0.05) is 19.3 Å². The van der Waals surface area contributed by atoms with E-state index < -0.39 is 6.10 Å². The number of rotatable bonds is 53. The molecule has 0 bridgehead atoms. The second-order valence-electron chi connectivity index (χ2n) is 21.0. The van der Waals surface area contributed by atoms with Gasteiger partial charge in [-0.2, -0.15) is 0 Å². The van der Waals surface area contributed by atoms with E-state index in [1.54, 1.807) is 0 Å². The van der Waals surface area contributed by atoms with Crippen molar-refractivity contribution in [2.24, 2.45) is 11.8 Å². The van der Waals surface area contributed by atoms with Gasteiger partial charge in [0.15, 0.2) is 6.10 Å². The first-order valence-electron chi connectivity index (χ1n) is 29.3. The molecule has 1 unspecified atom stereocenters. The van der Waals surface area contributed by atoms with Gasteiger partial charge < -0.3 is 14.2 Å². The third kappa shape index (κ3) is 51.6. The first-order chi connectivity index (χ1) is 31.8. The topological polar surface area (TPSA) is 78.9 Å². The van der Waals surface area contributed by atoms with Crippen LogP contribution < -0.4 is 0 Å². The minimum atomic E-state index is -0.763. The summed E-state index contributed by atoms with van der Waals surface area (Å²) < 4.78 is 16.9. The number of unbranched alkanes of at least 4 members (excludes halogenated alkanes) is 37. The first-order valence-corrected chi connectivity index (χ1v) is 29.3. The Kier molecular flexibility index (Phi) is 50.5. The molecule has 0 heterocycles. The van der Waals surface area contributed by atoms with Gasteiger partial charge in [-0.05, 0) is 31.1 Å². The van der Waals surface area contributed by atoms with E-state index in [9.17, 15) is 14.4 Å². The zero-order valence-electron chi connectivity index (χ0n) is 44.6. The van der Waals surface area contributed by atoms with Crippen LogP contribution in [0.15, 0.2) is 0 Å². The van der Waals surface area contributed by atoms with E-state index >= 15 is 0 Å². The average Bonchev–Trinajstić information content (AvgIpc) is 3.29. The number of carbonyl (C=O) groups excluding carboxylic acids is 3. The molecule has 0 aromatic rings. The van der Waals surface area contributed by atoms with Gasteiger partial charge >= 0.3 is 17.9 Å². The maximum Gasteiger partial charge on any atom is 0.306 e. The molecule has 2 atom stereocenters. The van der Waals surface area contributed by atoms with Crippen LogP contribution in [0.1, 0.15) is 330 Å². The van der Waals surface area contributed by atoms with E-state index in [4.69, 9.17) is 14.2 Å². The molecule has 0 aliphatic heterocycles. The molecule has 0 aromatic carbocycles. The van der Waals surface area contributed by atoms with E-state index in [-0.39, 0.29) is 31.1 Å². The zero-order valence-corrected chi connectivity index (χ0v) is 44.6. The summed E-state index contributed by atoms with van der Waals surface area (Å²) in [6.45, 7) is 11.4. The minimum absolute atomic E-state index is 0.0634. The van der Waals surface area contributed by atoms with Crippen molar-refractivity contribution >= 4 is 17.9 Å². The van der Waals surface area contributed by atoms with E-state index in [1.807, 2.05) is 0 Å². The molecule has 0 spiro atoms. The van der Waals surface area contributed by atoms with Crippen molar-refractivity contribution < 1.29 is 28.6 Å². The van der Waals surface area contributed by atoms with Crippen LogP contribution in [0.2, 0.25) is 0 Å². The van der Waals surface area contributed by atoms with Crippen LogP contribution in [0.25, 0.3) is 0 Å². The summed E-state index contributed by atoms with van der Waals surface area (Å²) in [7, 11) is 0. The number of hydrogen-bond donors (Lipinski definition) is 0. The number of ether oxygens (including phenoxy) is 3. The average molecular weight is 920 g/mol. The molecule has 0 aliphatic carbocycles. The normalized spacial score (nSPS) is 12.5. The fourth-order valence-corrected chi connectivity index (χ4v) is 9.02. The molecule has 6 nitrogen and oxygen atoms in total. The largest absolute Gasteiger partial charge is 0.462 e. The maximum absolute atomic E-state index is 12.9. The molecule has 0 aromatic heterocycles. The Labute approximate surface area is 406 Å². The third-order valence-corrected chi connectivity index (χ3v) is 13.8. The van der Waals surface area contributed by atoms with Crippen LogP contribution in [0.3, 0.4) is 0 Å². The zero-order chi connectivity index (χ0) is 47.5. The molecule has 6 heteroatoms. The summed E-state index contributed by atoms with van der Waals surface area (Å²) in [4.78, 5) is 38.1. The van der Waals surface area contributed by atoms with Gasteiger partial charge in [0.2, 0.25) is 0 Å². The highest BCUT2D eigenvalue weighted by molar-refractivity contribution is 5.71. The number of hydrogen-bond acceptors (Lipinski definition) is 6. The molecule has 0 aliphatic rings. The predicted molar refractivity (Wildman–Crippen MR) is 280 cm³/mol. The summed E-state index contributed by atoms with van der Waals surface area (Å²) in [6, 6.07) is 0. The van der Waals surface area contributed by atoms with Gasteiger partial charge in [-0.1, -0.05) is 291 Å². The van der Waals surface area contributed by atoms with Crippen LogP contribution in [0.5, 0.6) is 0 Å².